The Kier molecular flexibility index (Phi) is 6.36. The summed E-state index contributed by atoms with van der Waals surface area (Å²) in [5.74, 6) is 0.886. The van der Waals surface area contributed by atoms with Crippen molar-refractivity contribution in [1.29, 1.82) is 0 Å². The molecule has 15 heavy (non-hydrogen) atoms. The summed E-state index contributed by atoms with van der Waals surface area (Å²) >= 11 is 0. The summed E-state index contributed by atoms with van der Waals surface area (Å²) in [5.41, 5.74) is 0. The van der Waals surface area contributed by atoms with E-state index in [2.05, 4.69) is 10.6 Å². The highest BCUT2D eigenvalue weighted by Gasteiger charge is 2.20. The third kappa shape index (κ3) is 7.33. The van der Waals surface area contributed by atoms with Crippen molar-refractivity contribution in [3.63, 3.8) is 0 Å². The molecule has 0 heterocycles. The first-order valence-corrected chi connectivity index (χ1v) is 5.88. The standard InChI is InChI=1S/C11H22N2O2/c1-2-5-13-11(14)8-12-6-7-15-9-10-3-4-10/h10,12H,2-9H2,1H3,(H,13,14). The van der Waals surface area contributed by atoms with Crippen LogP contribution in [-0.2, 0) is 9.53 Å². The average molecular weight is 214 g/mol. The van der Waals surface area contributed by atoms with Crippen LogP contribution in [0.2, 0.25) is 0 Å². The summed E-state index contributed by atoms with van der Waals surface area (Å²) in [6.45, 7) is 5.55. The zero-order chi connectivity index (χ0) is 10.9. The lowest BCUT2D eigenvalue weighted by Gasteiger charge is -2.06. The van der Waals surface area contributed by atoms with Gasteiger partial charge in [0.15, 0.2) is 0 Å². The molecule has 0 aromatic rings. The molecule has 0 aromatic carbocycles. The van der Waals surface area contributed by atoms with Gasteiger partial charge in [-0.25, -0.2) is 0 Å². The van der Waals surface area contributed by atoms with Crippen molar-refractivity contribution in [2.24, 2.45) is 5.92 Å². The van der Waals surface area contributed by atoms with E-state index in [0.29, 0.717) is 13.2 Å². The van der Waals surface area contributed by atoms with Gasteiger partial charge in [-0.15, -0.1) is 0 Å². The average Bonchev–Trinajstić information content (AvgIpc) is 3.04. The van der Waals surface area contributed by atoms with Crippen molar-refractivity contribution in [3.8, 4) is 0 Å². The second kappa shape index (κ2) is 7.65. The number of amides is 1. The number of carbonyl (C=O) groups is 1. The van der Waals surface area contributed by atoms with Crippen LogP contribution < -0.4 is 10.6 Å². The molecule has 4 heteroatoms. The summed E-state index contributed by atoms with van der Waals surface area (Å²) in [7, 11) is 0. The van der Waals surface area contributed by atoms with Gasteiger partial charge in [-0.05, 0) is 25.2 Å². The molecule has 0 radical (unpaired) electrons. The smallest absolute Gasteiger partial charge is 0.233 e. The Labute approximate surface area is 91.8 Å². The Balaban J connectivity index is 1.76. The van der Waals surface area contributed by atoms with E-state index >= 15 is 0 Å². The minimum atomic E-state index is 0.0686. The lowest BCUT2D eigenvalue weighted by Crippen LogP contribution is -2.35. The molecule has 88 valence electrons. The molecule has 1 amide bonds. The third-order valence-electron chi connectivity index (χ3n) is 2.33. The van der Waals surface area contributed by atoms with Gasteiger partial charge in [-0.3, -0.25) is 4.79 Å². The molecule has 1 saturated carbocycles. The van der Waals surface area contributed by atoms with Crippen LogP contribution in [0.3, 0.4) is 0 Å². The van der Waals surface area contributed by atoms with Crippen molar-refractivity contribution in [1.82, 2.24) is 10.6 Å². The van der Waals surface area contributed by atoms with Crippen LogP contribution in [-0.4, -0.2) is 38.8 Å². The monoisotopic (exact) mass is 214 g/mol. The minimum absolute atomic E-state index is 0.0686. The van der Waals surface area contributed by atoms with Crippen LogP contribution >= 0.6 is 0 Å². The lowest BCUT2D eigenvalue weighted by molar-refractivity contribution is -0.120. The fourth-order valence-corrected chi connectivity index (χ4v) is 1.21. The van der Waals surface area contributed by atoms with E-state index in [1.54, 1.807) is 0 Å². The molecule has 1 aliphatic carbocycles. The normalized spacial score (nSPS) is 15.3. The SMILES string of the molecule is CCCNC(=O)CNCCOCC1CC1. The summed E-state index contributed by atoms with van der Waals surface area (Å²) < 4.78 is 5.43. The molecule has 0 aliphatic heterocycles. The minimum Gasteiger partial charge on any atom is -0.380 e. The maximum absolute atomic E-state index is 11.1. The van der Waals surface area contributed by atoms with Gasteiger partial charge < -0.3 is 15.4 Å². The molecule has 1 fully saturated rings. The van der Waals surface area contributed by atoms with Gasteiger partial charge in [-0.1, -0.05) is 6.92 Å². The number of rotatable bonds is 9. The van der Waals surface area contributed by atoms with Crippen LogP contribution in [0.1, 0.15) is 26.2 Å². The Hall–Kier alpha value is -0.610. The Morgan fingerprint density at radius 3 is 2.87 bits per heavy atom. The second-order valence-corrected chi connectivity index (χ2v) is 4.05. The van der Waals surface area contributed by atoms with Gasteiger partial charge in [0.25, 0.3) is 0 Å². The molecular formula is C11H22N2O2. The molecule has 2 N–H and O–H groups in total. The molecule has 1 rings (SSSR count). The van der Waals surface area contributed by atoms with E-state index < -0.39 is 0 Å². The van der Waals surface area contributed by atoms with Gasteiger partial charge >= 0.3 is 0 Å². The summed E-state index contributed by atoms with van der Waals surface area (Å²) in [6, 6.07) is 0. The van der Waals surface area contributed by atoms with Gasteiger partial charge in [0.1, 0.15) is 0 Å². The van der Waals surface area contributed by atoms with Gasteiger partial charge in [0, 0.05) is 19.7 Å². The highest BCUT2D eigenvalue weighted by molar-refractivity contribution is 5.77. The van der Waals surface area contributed by atoms with Gasteiger partial charge in [-0.2, -0.15) is 0 Å². The molecule has 4 nitrogen and oxygen atoms in total. The Morgan fingerprint density at radius 1 is 1.40 bits per heavy atom. The summed E-state index contributed by atoms with van der Waals surface area (Å²) in [6.07, 6.45) is 3.63. The lowest BCUT2D eigenvalue weighted by atomic mass is 10.4. The first kappa shape index (κ1) is 12.5. The van der Waals surface area contributed by atoms with Crippen LogP contribution in [0.15, 0.2) is 0 Å². The van der Waals surface area contributed by atoms with Crippen molar-refractivity contribution < 1.29 is 9.53 Å². The van der Waals surface area contributed by atoms with Crippen LogP contribution in [0, 0.1) is 5.92 Å². The molecule has 0 atom stereocenters. The summed E-state index contributed by atoms with van der Waals surface area (Å²) in [4.78, 5) is 11.1. The molecule has 0 aromatic heterocycles. The number of hydrogen-bond donors (Lipinski definition) is 2. The Bertz CT molecular complexity index is 181. The van der Waals surface area contributed by atoms with Crippen molar-refractivity contribution in [3.05, 3.63) is 0 Å². The van der Waals surface area contributed by atoms with E-state index in [9.17, 15) is 4.79 Å². The van der Waals surface area contributed by atoms with E-state index in [-0.39, 0.29) is 5.91 Å². The molecule has 1 aliphatic rings. The zero-order valence-electron chi connectivity index (χ0n) is 9.55. The second-order valence-electron chi connectivity index (χ2n) is 4.05. The first-order chi connectivity index (χ1) is 7.33. The number of nitrogens with one attached hydrogen (secondary N) is 2. The van der Waals surface area contributed by atoms with Crippen LogP contribution in [0.5, 0.6) is 0 Å². The number of hydrogen-bond acceptors (Lipinski definition) is 3. The fraction of sp³-hybridized carbons (Fsp3) is 0.909. The van der Waals surface area contributed by atoms with Crippen LogP contribution in [0.4, 0.5) is 0 Å². The zero-order valence-corrected chi connectivity index (χ0v) is 9.55. The predicted molar refractivity (Wildman–Crippen MR) is 59.7 cm³/mol. The molecule has 0 spiro atoms. The Morgan fingerprint density at radius 2 is 2.20 bits per heavy atom. The van der Waals surface area contributed by atoms with Crippen molar-refractivity contribution in [2.45, 2.75) is 26.2 Å². The number of carbonyl (C=O) groups excluding carboxylic acids is 1. The number of ether oxygens (including phenoxy) is 1. The third-order valence-corrected chi connectivity index (χ3v) is 2.33. The highest BCUT2D eigenvalue weighted by Crippen LogP contribution is 2.28. The maximum atomic E-state index is 11.1. The fourth-order valence-electron chi connectivity index (χ4n) is 1.21. The quantitative estimate of drug-likeness (QED) is 0.550. The van der Waals surface area contributed by atoms with E-state index in [1.807, 2.05) is 6.92 Å². The van der Waals surface area contributed by atoms with Gasteiger partial charge in [0.05, 0.1) is 13.2 Å². The first-order valence-electron chi connectivity index (χ1n) is 5.88. The van der Waals surface area contributed by atoms with Crippen molar-refractivity contribution in [2.75, 3.05) is 32.8 Å². The van der Waals surface area contributed by atoms with E-state index in [4.69, 9.17) is 4.74 Å². The molecular weight excluding hydrogens is 192 g/mol. The van der Waals surface area contributed by atoms with Gasteiger partial charge in [0.2, 0.25) is 5.91 Å². The van der Waals surface area contributed by atoms with E-state index in [1.165, 1.54) is 12.8 Å². The van der Waals surface area contributed by atoms with Crippen molar-refractivity contribution >= 4 is 5.91 Å². The largest absolute Gasteiger partial charge is 0.380 e. The molecule has 0 bridgehead atoms. The molecule has 0 saturated heterocycles. The van der Waals surface area contributed by atoms with E-state index in [0.717, 1.165) is 32.0 Å². The highest BCUT2D eigenvalue weighted by atomic mass is 16.5. The van der Waals surface area contributed by atoms with Crippen LogP contribution in [0.25, 0.3) is 0 Å². The molecule has 0 unspecified atom stereocenters. The topological polar surface area (TPSA) is 50.4 Å². The summed E-state index contributed by atoms with van der Waals surface area (Å²) in [5, 5.41) is 5.86. The maximum Gasteiger partial charge on any atom is 0.233 e. The predicted octanol–water partition coefficient (Wildman–Crippen LogP) is 0.529.